The molecule has 0 unspecified atom stereocenters. The number of carbonyl (C=O) groups excluding carboxylic acids is 1. The molecule has 1 fully saturated rings. The van der Waals surface area contributed by atoms with Gasteiger partial charge in [0.2, 0.25) is 11.9 Å². The Morgan fingerprint density at radius 3 is 2.77 bits per heavy atom. The van der Waals surface area contributed by atoms with E-state index in [1.165, 1.54) is 6.08 Å². The highest BCUT2D eigenvalue weighted by Crippen LogP contribution is 2.13. The first-order valence-electron chi connectivity index (χ1n) is 6.98. The normalized spacial score (nSPS) is 15.2. The van der Waals surface area contributed by atoms with Gasteiger partial charge >= 0.3 is 0 Å². The first kappa shape index (κ1) is 14.7. The van der Waals surface area contributed by atoms with Gasteiger partial charge in [-0.15, -0.1) is 11.3 Å². The van der Waals surface area contributed by atoms with Crippen LogP contribution in [0.25, 0.3) is 6.08 Å². The Balaban J connectivity index is 1.57. The molecule has 1 amide bonds. The fourth-order valence-corrected chi connectivity index (χ4v) is 2.66. The number of hydrogen-bond acceptors (Lipinski definition) is 6. The lowest BCUT2D eigenvalue weighted by Crippen LogP contribution is -2.37. The van der Waals surface area contributed by atoms with Gasteiger partial charge < -0.3 is 15.0 Å². The molecule has 0 saturated carbocycles. The lowest BCUT2D eigenvalue weighted by molar-refractivity contribution is -0.111. The zero-order valence-electron chi connectivity index (χ0n) is 11.9. The van der Waals surface area contributed by atoms with Crippen molar-refractivity contribution in [2.75, 3.05) is 36.5 Å². The number of morpholine rings is 1. The molecule has 2 aromatic rings. The van der Waals surface area contributed by atoms with Gasteiger partial charge in [-0.3, -0.25) is 4.79 Å². The topological polar surface area (TPSA) is 67.4 Å². The predicted octanol–water partition coefficient (Wildman–Crippen LogP) is 2.03. The van der Waals surface area contributed by atoms with Crippen LogP contribution in [-0.4, -0.2) is 42.2 Å². The van der Waals surface area contributed by atoms with Crippen LogP contribution in [0.4, 0.5) is 11.6 Å². The zero-order chi connectivity index (χ0) is 15.2. The maximum Gasteiger partial charge on any atom is 0.248 e. The molecule has 0 radical (unpaired) electrons. The number of ether oxygens (including phenoxy) is 1. The summed E-state index contributed by atoms with van der Waals surface area (Å²) in [6.07, 6.45) is 6.52. The quantitative estimate of drug-likeness (QED) is 0.874. The number of hydrogen-bond donors (Lipinski definition) is 1. The van der Waals surface area contributed by atoms with Gasteiger partial charge in [-0.05, 0) is 17.5 Å². The summed E-state index contributed by atoms with van der Waals surface area (Å²) >= 11 is 1.58. The minimum atomic E-state index is -0.198. The molecule has 1 aliphatic rings. The highest BCUT2D eigenvalue weighted by molar-refractivity contribution is 7.10. The molecule has 3 rings (SSSR count). The molecular weight excluding hydrogens is 300 g/mol. The van der Waals surface area contributed by atoms with E-state index in [-0.39, 0.29) is 5.91 Å². The first-order valence-corrected chi connectivity index (χ1v) is 7.86. The van der Waals surface area contributed by atoms with Gasteiger partial charge in [-0.1, -0.05) is 6.07 Å². The number of aromatic nitrogens is 2. The Labute approximate surface area is 132 Å². The third-order valence-electron chi connectivity index (χ3n) is 3.14. The molecule has 6 nitrogen and oxygen atoms in total. The van der Waals surface area contributed by atoms with Crippen LogP contribution < -0.4 is 10.2 Å². The van der Waals surface area contributed by atoms with Crippen molar-refractivity contribution in [1.82, 2.24) is 9.97 Å². The van der Waals surface area contributed by atoms with E-state index >= 15 is 0 Å². The molecule has 0 atom stereocenters. The molecule has 22 heavy (non-hydrogen) atoms. The number of carbonyl (C=O) groups is 1. The van der Waals surface area contributed by atoms with Gasteiger partial charge in [0.1, 0.15) is 0 Å². The van der Waals surface area contributed by atoms with Crippen LogP contribution in [0.1, 0.15) is 4.88 Å². The largest absolute Gasteiger partial charge is 0.378 e. The van der Waals surface area contributed by atoms with Gasteiger partial charge in [0.25, 0.3) is 0 Å². The summed E-state index contributed by atoms with van der Waals surface area (Å²) in [5.41, 5.74) is 0.581. The molecule has 3 heterocycles. The molecule has 1 saturated heterocycles. The fraction of sp³-hybridized carbons (Fsp3) is 0.267. The summed E-state index contributed by atoms with van der Waals surface area (Å²) < 4.78 is 5.29. The summed E-state index contributed by atoms with van der Waals surface area (Å²) in [5.74, 6) is 0.464. The average Bonchev–Trinajstić information content (AvgIpc) is 3.08. The van der Waals surface area contributed by atoms with E-state index in [0.717, 1.165) is 18.0 Å². The molecule has 1 N–H and O–H groups in total. The Morgan fingerprint density at radius 2 is 2.09 bits per heavy atom. The van der Waals surface area contributed by atoms with Gasteiger partial charge in [0.05, 0.1) is 31.3 Å². The van der Waals surface area contributed by atoms with E-state index in [2.05, 4.69) is 20.2 Å². The number of thiophene rings is 1. The molecule has 2 aromatic heterocycles. The number of anilines is 2. The van der Waals surface area contributed by atoms with Crippen molar-refractivity contribution in [2.24, 2.45) is 0 Å². The highest BCUT2D eigenvalue weighted by Gasteiger charge is 2.13. The van der Waals surface area contributed by atoms with Gasteiger partial charge in [-0.2, -0.15) is 0 Å². The lowest BCUT2D eigenvalue weighted by Gasteiger charge is -2.26. The van der Waals surface area contributed by atoms with E-state index in [4.69, 9.17) is 4.74 Å². The fourth-order valence-electron chi connectivity index (χ4n) is 2.04. The molecule has 7 heteroatoms. The summed E-state index contributed by atoms with van der Waals surface area (Å²) in [7, 11) is 0. The first-order chi connectivity index (χ1) is 10.8. The van der Waals surface area contributed by atoms with Crippen LogP contribution in [-0.2, 0) is 9.53 Å². The predicted molar refractivity (Wildman–Crippen MR) is 87.0 cm³/mol. The second kappa shape index (κ2) is 7.15. The monoisotopic (exact) mass is 316 g/mol. The average molecular weight is 316 g/mol. The minimum absolute atomic E-state index is 0.198. The maximum absolute atomic E-state index is 11.8. The van der Waals surface area contributed by atoms with Crippen molar-refractivity contribution in [2.45, 2.75) is 0 Å². The summed E-state index contributed by atoms with van der Waals surface area (Å²) in [5, 5.41) is 4.71. The molecule has 0 spiro atoms. The van der Waals surface area contributed by atoms with E-state index in [0.29, 0.717) is 24.8 Å². The number of rotatable bonds is 4. The van der Waals surface area contributed by atoms with Crippen LogP contribution in [0.2, 0.25) is 0 Å². The molecule has 1 aliphatic heterocycles. The standard InChI is InChI=1S/C15H16N4O2S/c20-14(4-3-13-2-1-9-22-13)18-12-10-16-15(17-11-12)19-5-7-21-8-6-19/h1-4,9-11H,5-8H2,(H,18,20)/b4-3+. The minimum Gasteiger partial charge on any atom is -0.378 e. The number of nitrogens with one attached hydrogen (secondary N) is 1. The summed E-state index contributed by atoms with van der Waals surface area (Å²) in [6, 6.07) is 3.90. The Kier molecular flexibility index (Phi) is 4.77. The van der Waals surface area contributed by atoms with Gasteiger partial charge in [-0.25, -0.2) is 9.97 Å². The van der Waals surface area contributed by atoms with Gasteiger partial charge in [0, 0.05) is 24.0 Å². The Bertz CT molecular complexity index is 634. The van der Waals surface area contributed by atoms with Crippen molar-refractivity contribution < 1.29 is 9.53 Å². The van der Waals surface area contributed by atoms with E-state index in [1.807, 2.05) is 17.5 Å². The van der Waals surface area contributed by atoms with Gasteiger partial charge in [0.15, 0.2) is 0 Å². The van der Waals surface area contributed by atoms with E-state index in [9.17, 15) is 4.79 Å². The maximum atomic E-state index is 11.8. The smallest absolute Gasteiger partial charge is 0.248 e. The Hall–Kier alpha value is -2.25. The molecule has 0 bridgehead atoms. The number of amides is 1. The SMILES string of the molecule is O=C(/C=C/c1cccs1)Nc1cnc(N2CCOCC2)nc1. The summed E-state index contributed by atoms with van der Waals surface area (Å²) in [6.45, 7) is 2.95. The van der Waals surface area contributed by atoms with Crippen LogP contribution in [0.15, 0.2) is 36.0 Å². The van der Waals surface area contributed by atoms with Crippen molar-refractivity contribution in [3.8, 4) is 0 Å². The molecular formula is C15H16N4O2S. The van der Waals surface area contributed by atoms with Crippen molar-refractivity contribution in [3.05, 3.63) is 40.9 Å². The zero-order valence-corrected chi connectivity index (χ0v) is 12.8. The summed E-state index contributed by atoms with van der Waals surface area (Å²) in [4.78, 5) is 23.5. The van der Waals surface area contributed by atoms with Crippen molar-refractivity contribution in [1.29, 1.82) is 0 Å². The lowest BCUT2D eigenvalue weighted by atomic mass is 10.4. The van der Waals surface area contributed by atoms with Crippen molar-refractivity contribution in [3.63, 3.8) is 0 Å². The van der Waals surface area contributed by atoms with Crippen LogP contribution in [0, 0.1) is 0 Å². The van der Waals surface area contributed by atoms with E-state index in [1.54, 1.807) is 29.8 Å². The second-order valence-electron chi connectivity index (χ2n) is 4.71. The van der Waals surface area contributed by atoms with Crippen LogP contribution in [0.3, 0.4) is 0 Å². The molecule has 0 aliphatic carbocycles. The highest BCUT2D eigenvalue weighted by atomic mass is 32.1. The molecule has 0 aromatic carbocycles. The Morgan fingerprint density at radius 1 is 1.32 bits per heavy atom. The van der Waals surface area contributed by atoms with Crippen LogP contribution >= 0.6 is 11.3 Å². The second-order valence-corrected chi connectivity index (χ2v) is 5.69. The van der Waals surface area contributed by atoms with Crippen molar-refractivity contribution >= 4 is 35.0 Å². The third kappa shape index (κ3) is 3.90. The van der Waals surface area contributed by atoms with Crippen LogP contribution in [0.5, 0.6) is 0 Å². The molecule has 114 valence electrons. The number of nitrogens with zero attached hydrogens (tertiary/aromatic N) is 3. The third-order valence-corrected chi connectivity index (χ3v) is 3.98. The van der Waals surface area contributed by atoms with E-state index < -0.39 is 0 Å².